The van der Waals surface area contributed by atoms with Crippen molar-refractivity contribution in [3.8, 4) is 0 Å². The lowest BCUT2D eigenvalue weighted by molar-refractivity contribution is 0.101. The lowest BCUT2D eigenvalue weighted by Gasteiger charge is -2.05. The van der Waals surface area contributed by atoms with Gasteiger partial charge >= 0.3 is 0 Å². The first-order chi connectivity index (χ1) is 9.13. The van der Waals surface area contributed by atoms with Gasteiger partial charge in [0.05, 0.1) is 11.4 Å². The van der Waals surface area contributed by atoms with Crippen LogP contribution in [0.4, 0.5) is 5.95 Å². The van der Waals surface area contributed by atoms with E-state index in [1.165, 1.54) is 0 Å². The molecule has 0 aliphatic heterocycles. The van der Waals surface area contributed by atoms with Crippen LogP contribution in [0, 0.1) is 6.92 Å². The van der Waals surface area contributed by atoms with Crippen LogP contribution in [0.2, 0.25) is 0 Å². The molecule has 0 spiro atoms. The number of hydrogen-bond donors (Lipinski definition) is 2. The SMILES string of the molecule is CCc1nnc(NC(=O)c2n[nH]c(C)n2)nc1CC. The highest BCUT2D eigenvalue weighted by molar-refractivity contribution is 6.00. The molecule has 0 saturated heterocycles. The summed E-state index contributed by atoms with van der Waals surface area (Å²) in [6.45, 7) is 5.68. The van der Waals surface area contributed by atoms with E-state index in [9.17, 15) is 4.79 Å². The molecule has 2 N–H and O–H groups in total. The maximum absolute atomic E-state index is 11.8. The Balaban J connectivity index is 2.17. The summed E-state index contributed by atoms with van der Waals surface area (Å²) in [5.41, 5.74) is 1.67. The van der Waals surface area contributed by atoms with Crippen LogP contribution in [0.15, 0.2) is 0 Å². The van der Waals surface area contributed by atoms with Gasteiger partial charge in [-0.1, -0.05) is 13.8 Å². The van der Waals surface area contributed by atoms with Crippen molar-refractivity contribution in [3.05, 3.63) is 23.0 Å². The van der Waals surface area contributed by atoms with Crippen molar-refractivity contribution in [2.45, 2.75) is 33.6 Å². The first-order valence-corrected chi connectivity index (χ1v) is 6.06. The quantitative estimate of drug-likeness (QED) is 0.837. The molecule has 0 aromatic carbocycles. The second-order valence-electron chi connectivity index (χ2n) is 3.93. The molecule has 8 heteroatoms. The molecule has 2 rings (SSSR count). The molecular formula is C11H15N7O. The van der Waals surface area contributed by atoms with Gasteiger partial charge in [0.1, 0.15) is 5.82 Å². The minimum Gasteiger partial charge on any atom is -0.286 e. The van der Waals surface area contributed by atoms with Crippen LogP contribution in [-0.4, -0.2) is 36.3 Å². The van der Waals surface area contributed by atoms with E-state index in [-0.39, 0.29) is 11.8 Å². The van der Waals surface area contributed by atoms with Crippen molar-refractivity contribution < 1.29 is 4.79 Å². The molecule has 1 amide bonds. The number of carbonyl (C=O) groups excluding carboxylic acids is 1. The summed E-state index contributed by atoms with van der Waals surface area (Å²) < 4.78 is 0. The standard InChI is InChI=1S/C11H15N7O/c1-4-7-8(5-2)16-18-11(13-7)14-10(19)9-12-6(3)15-17-9/h4-5H2,1-3H3,(H,12,15,17)(H,13,14,18,19). The number of aromatic amines is 1. The molecule has 0 saturated carbocycles. The lowest BCUT2D eigenvalue weighted by Crippen LogP contribution is -2.17. The van der Waals surface area contributed by atoms with Crippen LogP contribution >= 0.6 is 0 Å². The van der Waals surface area contributed by atoms with E-state index in [0.717, 1.165) is 24.2 Å². The summed E-state index contributed by atoms with van der Waals surface area (Å²) in [7, 11) is 0. The molecule has 100 valence electrons. The lowest BCUT2D eigenvalue weighted by atomic mass is 10.2. The van der Waals surface area contributed by atoms with Gasteiger partial charge in [-0.3, -0.25) is 15.2 Å². The number of nitrogens with zero attached hydrogens (tertiary/aromatic N) is 5. The predicted molar refractivity (Wildman–Crippen MR) is 67.7 cm³/mol. The number of nitrogens with one attached hydrogen (secondary N) is 2. The van der Waals surface area contributed by atoms with Crippen LogP contribution in [-0.2, 0) is 12.8 Å². The Morgan fingerprint density at radius 1 is 1.16 bits per heavy atom. The number of H-pyrrole nitrogens is 1. The van der Waals surface area contributed by atoms with Crippen molar-refractivity contribution in [2.24, 2.45) is 0 Å². The first kappa shape index (κ1) is 13.1. The second-order valence-corrected chi connectivity index (χ2v) is 3.93. The van der Waals surface area contributed by atoms with Gasteiger partial charge in [0.25, 0.3) is 5.91 Å². The molecule has 0 unspecified atom stereocenters. The first-order valence-electron chi connectivity index (χ1n) is 6.06. The largest absolute Gasteiger partial charge is 0.297 e. The molecular weight excluding hydrogens is 246 g/mol. The van der Waals surface area contributed by atoms with E-state index in [4.69, 9.17) is 0 Å². The average Bonchev–Trinajstić information content (AvgIpc) is 2.85. The normalized spacial score (nSPS) is 10.5. The minimum absolute atomic E-state index is 0.0544. The molecule has 0 aliphatic rings. The number of amides is 1. The number of anilines is 1. The average molecular weight is 261 g/mol. The molecule has 2 aromatic heterocycles. The predicted octanol–water partition coefficient (Wildman–Crippen LogP) is 0.675. The van der Waals surface area contributed by atoms with Crippen LogP contribution in [0.25, 0.3) is 0 Å². The zero-order valence-electron chi connectivity index (χ0n) is 11.1. The van der Waals surface area contributed by atoms with Crippen molar-refractivity contribution in [2.75, 3.05) is 5.32 Å². The third-order valence-electron chi connectivity index (χ3n) is 2.53. The molecule has 0 radical (unpaired) electrons. The molecule has 0 aliphatic carbocycles. The van der Waals surface area contributed by atoms with E-state index >= 15 is 0 Å². The van der Waals surface area contributed by atoms with Gasteiger partial charge in [0, 0.05) is 0 Å². The second kappa shape index (κ2) is 5.51. The summed E-state index contributed by atoms with van der Waals surface area (Å²) in [5, 5.41) is 16.8. The maximum atomic E-state index is 11.8. The Bertz CT molecular complexity index is 592. The van der Waals surface area contributed by atoms with Crippen molar-refractivity contribution in [3.63, 3.8) is 0 Å². The van der Waals surface area contributed by atoms with E-state index in [0.29, 0.717) is 5.82 Å². The molecule has 2 heterocycles. The molecule has 0 fully saturated rings. The highest BCUT2D eigenvalue weighted by Gasteiger charge is 2.14. The molecule has 8 nitrogen and oxygen atoms in total. The van der Waals surface area contributed by atoms with E-state index in [1.807, 2.05) is 13.8 Å². The van der Waals surface area contributed by atoms with E-state index < -0.39 is 5.91 Å². The molecule has 0 bridgehead atoms. The monoisotopic (exact) mass is 261 g/mol. The Morgan fingerprint density at radius 3 is 2.47 bits per heavy atom. The summed E-state index contributed by atoms with van der Waals surface area (Å²) in [6.07, 6.45) is 1.50. The minimum atomic E-state index is -0.461. The number of rotatable bonds is 4. The fraction of sp³-hybridized carbons (Fsp3) is 0.455. The maximum Gasteiger partial charge on any atom is 0.297 e. The zero-order valence-corrected chi connectivity index (χ0v) is 11.1. The summed E-state index contributed by atoms with van der Waals surface area (Å²) in [5.74, 6) is 0.331. The molecule has 0 atom stereocenters. The molecule has 19 heavy (non-hydrogen) atoms. The van der Waals surface area contributed by atoms with Gasteiger partial charge < -0.3 is 0 Å². The third-order valence-corrected chi connectivity index (χ3v) is 2.53. The van der Waals surface area contributed by atoms with Gasteiger partial charge in [-0.05, 0) is 19.8 Å². The highest BCUT2D eigenvalue weighted by Crippen LogP contribution is 2.07. The Hall–Kier alpha value is -2.38. The third kappa shape index (κ3) is 2.90. The Morgan fingerprint density at radius 2 is 1.89 bits per heavy atom. The number of hydrogen-bond acceptors (Lipinski definition) is 6. The number of aromatic nitrogens is 6. The van der Waals surface area contributed by atoms with Crippen LogP contribution in [0.1, 0.15) is 41.7 Å². The topological polar surface area (TPSA) is 109 Å². The van der Waals surface area contributed by atoms with E-state index in [2.05, 4.69) is 35.7 Å². The summed E-state index contributed by atoms with van der Waals surface area (Å²) in [4.78, 5) is 20.0. The van der Waals surface area contributed by atoms with Gasteiger partial charge in [0.15, 0.2) is 0 Å². The summed E-state index contributed by atoms with van der Waals surface area (Å²) >= 11 is 0. The fourth-order valence-corrected chi connectivity index (χ4v) is 1.59. The summed E-state index contributed by atoms with van der Waals surface area (Å²) in [6, 6.07) is 0. The van der Waals surface area contributed by atoms with Gasteiger partial charge in [-0.15, -0.1) is 15.3 Å². The highest BCUT2D eigenvalue weighted by atomic mass is 16.2. The zero-order chi connectivity index (χ0) is 13.8. The van der Waals surface area contributed by atoms with Crippen LogP contribution < -0.4 is 5.32 Å². The van der Waals surface area contributed by atoms with Crippen molar-refractivity contribution in [1.82, 2.24) is 30.4 Å². The van der Waals surface area contributed by atoms with Gasteiger partial charge in [-0.25, -0.2) is 9.97 Å². The van der Waals surface area contributed by atoms with Gasteiger partial charge in [-0.2, -0.15) is 0 Å². The van der Waals surface area contributed by atoms with Crippen molar-refractivity contribution in [1.29, 1.82) is 0 Å². The molecule has 2 aromatic rings. The van der Waals surface area contributed by atoms with E-state index in [1.54, 1.807) is 6.92 Å². The fourth-order valence-electron chi connectivity index (χ4n) is 1.59. The van der Waals surface area contributed by atoms with Crippen LogP contribution in [0.5, 0.6) is 0 Å². The Labute approximate surface area is 110 Å². The smallest absolute Gasteiger partial charge is 0.286 e. The van der Waals surface area contributed by atoms with Crippen LogP contribution in [0.3, 0.4) is 0 Å². The number of carbonyl (C=O) groups is 1. The number of aryl methyl sites for hydroxylation is 3. The Kier molecular flexibility index (Phi) is 3.79. The van der Waals surface area contributed by atoms with Crippen molar-refractivity contribution >= 4 is 11.9 Å². The van der Waals surface area contributed by atoms with Gasteiger partial charge in [0.2, 0.25) is 11.8 Å².